The molecule has 1 aliphatic rings. The maximum Gasteiger partial charge on any atom is 0.336 e. The second-order valence-electron chi connectivity index (χ2n) is 7.69. The van der Waals surface area contributed by atoms with Gasteiger partial charge in [0.25, 0.3) is 0 Å². The van der Waals surface area contributed by atoms with E-state index in [9.17, 15) is 9.59 Å². The van der Waals surface area contributed by atoms with Gasteiger partial charge < -0.3 is 5.73 Å². The lowest BCUT2D eigenvalue weighted by Gasteiger charge is -2.36. The van der Waals surface area contributed by atoms with Crippen LogP contribution in [0.3, 0.4) is 0 Å². The number of fused-ring (bicyclic) bond motifs is 1. The zero-order valence-electron chi connectivity index (χ0n) is 15.3. The fourth-order valence-electron chi connectivity index (χ4n) is 4.32. The summed E-state index contributed by atoms with van der Waals surface area (Å²) in [7, 11) is 0. The van der Waals surface area contributed by atoms with Gasteiger partial charge in [-0.05, 0) is 36.7 Å². The van der Waals surface area contributed by atoms with E-state index < -0.39 is 0 Å². The molecular formula is C19H28N4O2. The van der Waals surface area contributed by atoms with Gasteiger partial charge in [0.05, 0.1) is 17.2 Å². The molecule has 2 aromatic heterocycles. The number of nitrogens with two attached hydrogens (primary N) is 1. The quantitative estimate of drug-likeness (QED) is 0.924. The molecule has 2 heterocycles. The molecule has 1 saturated carbocycles. The second-order valence-corrected chi connectivity index (χ2v) is 7.69. The Hall–Kier alpha value is -1.95. The second kappa shape index (κ2) is 7.12. The van der Waals surface area contributed by atoms with Crippen molar-refractivity contribution in [1.82, 2.24) is 14.1 Å². The Morgan fingerprint density at radius 2 is 2.12 bits per heavy atom. The number of pyridine rings is 1. The van der Waals surface area contributed by atoms with Crippen molar-refractivity contribution in [1.29, 1.82) is 0 Å². The van der Waals surface area contributed by atoms with E-state index in [1.54, 1.807) is 23.0 Å². The fraction of sp³-hybridized carbons (Fsp3) is 0.632. The Morgan fingerprint density at radius 3 is 2.80 bits per heavy atom. The van der Waals surface area contributed by atoms with Gasteiger partial charge in [-0.2, -0.15) is 0 Å². The average molecular weight is 344 g/mol. The predicted octanol–water partition coefficient (Wildman–Crippen LogP) is 2.51. The molecule has 0 spiro atoms. The SMILES string of the molecule is CC(C)[C@@H]1CC[C@@H](C)C[C@H]1C(=O)n1c(=O)n(CCN)c2ccncc21. The Morgan fingerprint density at radius 1 is 1.36 bits per heavy atom. The van der Waals surface area contributed by atoms with Gasteiger partial charge in [-0.15, -0.1) is 0 Å². The van der Waals surface area contributed by atoms with E-state index in [0.29, 0.717) is 36.4 Å². The van der Waals surface area contributed by atoms with E-state index in [1.807, 2.05) is 0 Å². The highest BCUT2D eigenvalue weighted by molar-refractivity contribution is 5.91. The minimum Gasteiger partial charge on any atom is -0.329 e. The number of carbonyl (C=O) groups excluding carboxylic acids is 1. The van der Waals surface area contributed by atoms with Gasteiger partial charge in [-0.1, -0.05) is 27.2 Å². The molecule has 0 aromatic carbocycles. The molecule has 3 atom stereocenters. The molecule has 2 N–H and O–H groups in total. The first-order valence-electron chi connectivity index (χ1n) is 9.25. The topological polar surface area (TPSA) is 82.9 Å². The molecule has 0 aliphatic heterocycles. The van der Waals surface area contributed by atoms with Crippen LogP contribution in [-0.2, 0) is 6.54 Å². The van der Waals surface area contributed by atoms with Gasteiger partial charge in [0.2, 0.25) is 5.91 Å². The van der Waals surface area contributed by atoms with Crippen molar-refractivity contribution in [2.24, 2.45) is 29.4 Å². The maximum absolute atomic E-state index is 13.4. The highest BCUT2D eigenvalue weighted by Crippen LogP contribution is 2.39. The summed E-state index contributed by atoms with van der Waals surface area (Å²) in [4.78, 5) is 30.5. The first kappa shape index (κ1) is 17.9. The molecule has 6 nitrogen and oxygen atoms in total. The summed E-state index contributed by atoms with van der Waals surface area (Å²) in [5.41, 5.74) is 6.68. The highest BCUT2D eigenvalue weighted by Gasteiger charge is 2.37. The van der Waals surface area contributed by atoms with E-state index in [4.69, 9.17) is 5.73 Å². The van der Waals surface area contributed by atoms with Crippen LogP contribution in [0, 0.1) is 23.7 Å². The Bertz CT molecular complexity index is 820. The third-order valence-corrected chi connectivity index (χ3v) is 5.64. The Labute approximate surface area is 148 Å². The Balaban J connectivity index is 2.10. The minimum atomic E-state index is -0.292. The fourth-order valence-corrected chi connectivity index (χ4v) is 4.32. The van der Waals surface area contributed by atoms with Gasteiger partial charge in [0.1, 0.15) is 0 Å². The molecule has 3 rings (SSSR count). The zero-order chi connectivity index (χ0) is 18.1. The van der Waals surface area contributed by atoms with Crippen LogP contribution in [0.1, 0.15) is 44.8 Å². The minimum absolute atomic E-state index is 0.0796. The summed E-state index contributed by atoms with van der Waals surface area (Å²) in [6, 6.07) is 1.78. The molecule has 136 valence electrons. The third-order valence-electron chi connectivity index (χ3n) is 5.64. The van der Waals surface area contributed by atoms with Gasteiger partial charge in [0.15, 0.2) is 0 Å². The number of rotatable bonds is 4. The lowest BCUT2D eigenvalue weighted by molar-refractivity contribution is 0.0633. The average Bonchev–Trinajstić information content (AvgIpc) is 2.86. The van der Waals surface area contributed by atoms with Crippen molar-refractivity contribution in [2.45, 2.75) is 46.6 Å². The first-order chi connectivity index (χ1) is 12.0. The molecule has 0 saturated heterocycles. The van der Waals surface area contributed by atoms with Crippen molar-refractivity contribution >= 4 is 16.9 Å². The van der Waals surface area contributed by atoms with Crippen LogP contribution in [-0.4, -0.2) is 26.6 Å². The van der Waals surface area contributed by atoms with Crippen LogP contribution in [0.5, 0.6) is 0 Å². The summed E-state index contributed by atoms with van der Waals surface area (Å²) >= 11 is 0. The van der Waals surface area contributed by atoms with E-state index in [2.05, 4.69) is 25.8 Å². The van der Waals surface area contributed by atoms with E-state index >= 15 is 0 Å². The van der Waals surface area contributed by atoms with Crippen LogP contribution in [0.2, 0.25) is 0 Å². The summed E-state index contributed by atoms with van der Waals surface area (Å²) < 4.78 is 2.93. The lowest BCUT2D eigenvalue weighted by Crippen LogP contribution is -2.40. The summed E-state index contributed by atoms with van der Waals surface area (Å²) in [6.45, 7) is 7.28. The molecule has 25 heavy (non-hydrogen) atoms. The lowest BCUT2D eigenvalue weighted by atomic mass is 9.69. The van der Waals surface area contributed by atoms with Crippen LogP contribution >= 0.6 is 0 Å². The van der Waals surface area contributed by atoms with Crippen molar-refractivity contribution in [2.75, 3.05) is 6.54 Å². The number of hydrogen-bond donors (Lipinski definition) is 1. The monoisotopic (exact) mass is 344 g/mol. The first-order valence-corrected chi connectivity index (χ1v) is 9.25. The van der Waals surface area contributed by atoms with Crippen LogP contribution < -0.4 is 11.4 Å². The highest BCUT2D eigenvalue weighted by atomic mass is 16.2. The van der Waals surface area contributed by atoms with Crippen LogP contribution in [0.15, 0.2) is 23.3 Å². The molecule has 0 bridgehead atoms. The Kier molecular flexibility index (Phi) is 5.08. The summed E-state index contributed by atoms with van der Waals surface area (Å²) in [5.74, 6) is 1.06. The van der Waals surface area contributed by atoms with Gasteiger partial charge in [-0.25, -0.2) is 9.36 Å². The van der Waals surface area contributed by atoms with E-state index in [-0.39, 0.29) is 17.5 Å². The van der Waals surface area contributed by atoms with Gasteiger partial charge in [-0.3, -0.25) is 14.3 Å². The molecule has 2 aromatic rings. The van der Waals surface area contributed by atoms with Crippen molar-refractivity contribution < 1.29 is 4.79 Å². The van der Waals surface area contributed by atoms with Crippen molar-refractivity contribution in [3.05, 3.63) is 28.9 Å². The number of carbonyl (C=O) groups is 1. The molecule has 6 heteroatoms. The number of hydrogen-bond acceptors (Lipinski definition) is 4. The van der Waals surface area contributed by atoms with Crippen LogP contribution in [0.25, 0.3) is 11.0 Å². The number of nitrogens with zero attached hydrogens (tertiary/aromatic N) is 3. The number of aromatic nitrogens is 3. The normalized spacial score (nSPS) is 24.1. The molecule has 0 radical (unpaired) electrons. The molecule has 1 fully saturated rings. The van der Waals surface area contributed by atoms with Crippen LogP contribution in [0.4, 0.5) is 0 Å². The number of imidazole rings is 1. The molecular weight excluding hydrogens is 316 g/mol. The molecule has 0 amide bonds. The zero-order valence-corrected chi connectivity index (χ0v) is 15.3. The largest absolute Gasteiger partial charge is 0.336 e. The van der Waals surface area contributed by atoms with Crippen molar-refractivity contribution in [3.8, 4) is 0 Å². The van der Waals surface area contributed by atoms with Gasteiger partial charge in [0, 0.05) is 25.2 Å². The summed E-state index contributed by atoms with van der Waals surface area (Å²) in [6.07, 6.45) is 6.29. The molecule has 0 unspecified atom stereocenters. The summed E-state index contributed by atoms with van der Waals surface area (Å²) in [5, 5.41) is 0. The van der Waals surface area contributed by atoms with E-state index in [0.717, 1.165) is 24.8 Å². The van der Waals surface area contributed by atoms with Gasteiger partial charge >= 0.3 is 5.69 Å². The standard InChI is InChI=1S/C19H28N4O2/c1-12(2)14-5-4-13(3)10-15(14)18(24)23-17-11-21-8-6-16(17)22(9-7-20)19(23)25/h6,8,11-15H,4-5,7,9-10,20H2,1-3H3/t13-,14+,15-/m1/s1. The predicted molar refractivity (Wildman–Crippen MR) is 98.5 cm³/mol. The van der Waals surface area contributed by atoms with E-state index in [1.165, 1.54) is 4.57 Å². The molecule has 1 aliphatic carbocycles. The smallest absolute Gasteiger partial charge is 0.329 e. The maximum atomic E-state index is 13.4. The third kappa shape index (κ3) is 3.15. The van der Waals surface area contributed by atoms with Crippen molar-refractivity contribution in [3.63, 3.8) is 0 Å².